The fourth-order valence-corrected chi connectivity index (χ4v) is 3.51. The average Bonchev–Trinajstić information content (AvgIpc) is 3.22. The summed E-state index contributed by atoms with van der Waals surface area (Å²) in [6.45, 7) is 7.68. The number of anilines is 2. The summed E-state index contributed by atoms with van der Waals surface area (Å²) in [6.07, 6.45) is 8.67. The van der Waals surface area contributed by atoms with Crippen molar-refractivity contribution >= 4 is 22.9 Å². The molecule has 3 N–H and O–H groups in total. The maximum atomic E-state index is 12.7. The lowest BCUT2D eigenvalue weighted by atomic mass is 10.0. The number of carbonyl (C=O) groups is 1. The second-order valence-electron chi connectivity index (χ2n) is 8.12. The van der Waals surface area contributed by atoms with Gasteiger partial charge in [0.05, 0.1) is 47.2 Å². The molecule has 0 atom stereocenters. The monoisotopic (exact) mass is 404 g/mol. The van der Waals surface area contributed by atoms with Gasteiger partial charge in [-0.15, -0.1) is 0 Å². The van der Waals surface area contributed by atoms with Crippen LogP contribution in [0.2, 0.25) is 0 Å². The molecule has 0 radical (unpaired) electrons. The molecule has 0 aromatic carbocycles. The number of rotatable bonds is 5. The smallest absolute Gasteiger partial charge is 0.258 e. The molecule has 3 aromatic heterocycles. The molecule has 0 spiro atoms. The van der Waals surface area contributed by atoms with Gasteiger partial charge in [-0.2, -0.15) is 5.10 Å². The number of allylic oxidation sites excluding steroid dienone is 1. The van der Waals surface area contributed by atoms with Gasteiger partial charge in [0.15, 0.2) is 0 Å². The minimum atomic E-state index is -0.866. The fraction of sp³-hybridized carbons (Fsp3) is 0.273. The third-order valence-electron chi connectivity index (χ3n) is 4.85. The van der Waals surface area contributed by atoms with Crippen molar-refractivity contribution in [2.45, 2.75) is 39.8 Å². The summed E-state index contributed by atoms with van der Waals surface area (Å²) in [5.41, 5.74) is 5.37. The van der Waals surface area contributed by atoms with Crippen LogP contribution < -0.4 is 10.6 Å². The Morgan fingerprint density at radius 2 is 2.07 bits per heavy atom. The zero-order valence-electron chi connectivity index (χ0n) is 17.4. The van der Waals surface area contributed by atoms with E-state index < -0.39 is 5.60 Å². The van der Waals surface area contributed by atoms with Gasteiger partial charge >= 0.3 is 0 Å². The van der Waals surface area contributed by atoms with Gasteiger partial charge in [-0.1, -0.05) is 0 Å². The molecular weight excluding hydrogens is 380 g/mol. The molecular formula is C22H24N6O2. The van der Waals surface area contributed by atoms with Gasteiger partial charge in [-0.3, -0.25) is 19.4 Å². The SMILES string of the molecule is C/C(Nc1cnn(CC(C)(C)O)c1)=C1/C(=O)Nc2cnc(-c3cnccc3C)cc21. The number of fused-ring (bicyclic) bond motifs is 1. The topological polar surface area (TPSA) is 105 Å². The zero-order chi connectivity index (χ0) is 21.5. The van der Waals surface area contributed by atoms with Crippen molar-refractivity contribution < 1.29 is 9.90 Å². The van der Waals surface area contributed by atoms with Crippen LogP contribution in [0.5, 0.6) is 0 Å². The molecule has 4 heterocycles. The second kappa shape index (κ2) is 7.38. The van der Waals surface area contributed by atoms with Crippen LogP contribution in [0, 0.1) is 6.92 Å². The number of nitrogens with one attached hydrogen (secondary N) is 2. The highest BCUT2D eigenvalue weighted by Gasteiger charge is 2.28. The summed E-state index contributed by atoms with van der Waals surface area (Å²) in [6, 6.07) is 3.85. The molecule has 1 aliphatic rings. The quantitative estimate of drug-likeness (QED) is 0.564. The summed E-state index contributed by atoms with van der Waals surface area (Å²) in [4.78, 5) is 21.4. The van der Waals surface area contributed by atoms with Crippen LogP contribution in [0.1, 0.15) is 31.9 Å². The van der Waals surface area contributed by atoms with E-state index in [4.69, 9.17) is 0 Å². The first-order chi connectivity index (χ1) is 14.2. The van der Waals surface area contributed by atoms with Gasteiger partial charge in [0.1, 0.15) is 0 Å². The number of carbonyl (C=O) groups excluding carboxylic acids is 1. The highest BCUT2D eigenvalue weighted by atomic mass is 16.3. The van der Waals surface area contributed by atoms with Gasteiger partial charge in [0, 0.05) is 35.4 Å². The average molecular weight is 404 g/mol. The van der Waals surface area contributed by atoms with E-state index in [2.05, 4.69) is 25.7 Å². The van der Waals surface area contributed by atoms with Crippen molar-refractivity contribution in [1.29, 1.82) is 0 Å². The third-order valence-corrected chi connectivity index (χ3v) is 4.85. The molecule has 8 heteroatoms. The maximum absolute atomic E-state index is 12.7. The minimum absolute atomic E-state index is 0.180. The number of amides is 1. The number of aliphatic hydroxyl groups is 1. The Hall–Kier alpha value is -3.52. The summed E-state index contributed by atoms with van der Waals surface area (Å²) in [5.74, 6) is -0.180. The maximum Gasteiger partial charge on any atom is 0.258 e. The predicted molar refractivity (Wildman–Crippen MR) is 116 cm³/mol. The molecule has 0 saturated heterocycles. The fourth-order valence-electron chi connectivity index (χ4n) is 3.51. The summed E-state index contributed by atoms with van der Waals surface area (Å²) < 4.78 is 1.66. The van der Waals surface area contributed by atoms with Crippen LogP contribution in [-0.2, 0) is 11.3 Å². The van der Waals surface area contributed by atoms with Crippen LogP contribution >= 0.6 is 0 Å². The molecule has 0 bridgehead atoms. The molecule has 1 aliphatic heterocycles. The molecule has 1 amide bonds. The molecule has 4 rings (SSSR count). The Balaban J connectivity index is 1.67. The summed E-state index contributed by atoms with van der Waals surface area (Å²) in [5, 5.41) is 20.4. The Bertz CT molecular complexity index is 1160. The second-order valence-corrected chi connectivity index (χ2v) is 8.12. The number of pyridine rings is 2. The standard InChI is InChI=1S/C22H24N6O2/c1-13-5-6-23-9-17(13)18-7-16-19(10-24-18)27-21(29)20(16)14(2)26-15-8-25-28(11-15)12-22(3,4)30/h5-11,26,30H,12H2,1-4H3,(H,27,29)/b20-14-. The van der Waals surface area contributed by atoms with Crippen molar-refractivity contribution in [3.63, 3.8) is 0 Å². The van der Waals surface area contributed by atoms with Crippen LogP contribution in [0.4, 0.5) is 11.4 Å². The predicted octanol–water partition coefficient (Wildman–Crippen LogP) is 3.21. The Kier molecular flexibility index (Phi) is 4.87. The van der Waals surface area contributed by atoms with Gasteiger partial charge in [0.2, 0.25) is 0 Å². The van der Waals surface area contributed by atoms with E-state index in [1.165, 1.54) is 0 Å². The van der Waals surface area contributed by atoms with Crippen LogP contribution in [-0.4, -0.2) is 36.4 Å². The zero-order valence-corrected chi connectivity index (χ0v) is 17.4. The Labute approximate surface area is 174 Å². The number of aryl methyl sites for hydroxylation is 1. The largest absolute Gasteiger partial charge is 0.389 e. The van der Waals surface area contributed by atoms with Crippen LogP contribution in [0.25, 0.3) is 16.8 Å². The van der Waals surface area contributed by atoms with E-state index in [0.717, 1.165) is 28.1 Å². The molecule has 0 saturated carbocycles. The van der Waals surface area contributed by atoms with E-state index in [9.17, 15) is 9.90 Å². The molecule has 30 heavy (non-hydrogen) atoms. The van der Waals surface area contributed by atoms with Crippen molar-refractivity contribution in [3.05, 3.63) is 59.9 Å². The Morgan fingerprint density at radius 1 is 1.27 bits per heavy atom. The van der Waals surface area contributed by atoms with Gasteiger partial charge in [-0.25, -0.2) is 0 Å². The molecule has 154 valence electrons. The van der Waals surface area contributed by atoms with E-state index in [1.807, 2.05) is 26.0 Å². The molecule has 0 aliphatic carbocycles. The van der Waals surface area contributed by atoms with Gasteiger partial charge < -0.3 is 15.7 Å². The van der Waals surface area contributed by atoms with Crippen molar-refractivity contribution in [2.24, 2.45) is 0 Å². The number of nitrogens with zero attached hydrogens (tertiary/aromatic N) is 4. The molecule has 3 aromatic rings. The first kappa shape index (κ1) is 19.8. The van der Waals surface area contributed by atoms with E-state index in [0.29, 0.717) is 23.5 Å². The van der Waals surface area contributed by atoms with Crippen molar-refractivity contribution in [1.82, 2.24) is 19.7 Å². The number of aromatic nitrogens is 4. The highest BCUT2D eigenvalue weighted by molar-refractivity contribution is 6.32. The highest BCUT2D eigenvalue weighted by Crippen LogP contribution is 2.36. The molecule has 8 nitrogen and oxygen atoms in total. The number of hydrogen-bond donors (Lipinski definition) is 3. The van der Waals surface area contributed by atoms with E-state index >= 15 is 0 Å². The van der Waals surface area contributed by atoms with Crippen LogP contribution in [0.3, 0.4) is 0 Å². The third kappa shape index (κ3) is 3.95. The Morgan fingerprint density at radius 3 is 2.80 bits per heavy atom. The van der Waals surface area contributed by atoms with Crippen LogP contribution in [0.15, 0.2) is 48.8 Å². The van der Waals surface area contributed by atoms with Gasteiger partial charge in [0.25, 0.3) is 5.91 Å². The lowest BCUT2D eigenvalue weighted by Gasteiger charge is -2.16. The first-order valence-corrected chi connectivity index (χ1v) is 9.67. The first-order valence-electron chi connectivity index (χ1n) is 9.67. The van der Waals surface area contributed by atoms with Crippen molar-refractivity contribution in [3.8, 4) is 11.3 Å². The number of hydrogen-bond acceptors (Lipinski definition) is 6. The normalized spacial score (nSPS) is 15.0. The van der Waals surface area contributed by atoms with Gasteiger partial charge in [-0.05, 0) is 45.4 Å². The van der Waals surface area contributed by atoms with E-state index in [-0.39, 0.29) is 5.91 Å². The molecule has 0 unspecified atom stereocenters. The summed E-state index contributed by atoms with van der Waals surface area (Å²) >= 11 is 0. The lowest BCUT2D eigenvalue weighted by molar-refractivity contribution is -0.110. The van der Waals surface area contributed by atoms with Crippen molar-refractivity contribution in [2.75, 3.05) is 10.6 Å². The molecule has 0 fully saturated rings. The van der Waals surface area contributed by atoms with E-state index in [1.54, 1.807) is 49.5 Å². The summed E-state index contributed by atoms with van der Waals surface area (Å²) in [7, 11) is 0. The minimum Gasteiger partial charge on any atom is -0.389 e. The lowest BCUT2D eigenvalue weighted by Crippen LogP contribution is -2.26.